The normalized spacial score (nSPS) is 11.6. The van der Waals surface area contributed by atoms with Crippen LogP contribution in [0.25, 0.3) is 0 Å². The summed E-state index contributed by atoms with van der Waals surface area (Å²) in [6.07, 6.45) is -3.40. The third-order valence-electron chi connectivity index (χ3n) is 2.16. The quantitative estimate of drug-likeness (QED) is 0.801. The Kier molecular flexibility index (Phi) is 5.75. The van der Waals surface area contributed by atoms with Crippen LogP contribution in [-0.2, 0) is 6.54 Å². The van der Waals surface area contributed by atoms with Gasteiger partial charge in [0, 0.05) is 17.1 Å². The van der Waals surface area contributed by atoms with E-state index in [4.69, 9.17) is 16.3 Å². The summed E-state index contributed by atoms with van der Waals surface area (Å²) in [5, 5.41) is 3.57. The molecule has 102 valence electrons. The summed E-state index contributed by atoms with van der Waals surface area (Å²) in [6, 6.07) is 4.57. The van der Waals surface area contributed by atoms with Gasteiger partial charge in [0.2, 0.25) is 0 Å². The molecule has 18 heavy (non-hydrogen) atoms. The molecule has 1 rings (SSSR count). The fourth-order valence-electron chi connectivity index (χ4n) is 1.39. The minimum absolute atomic E-state index is 0.209. The molecular formula is C12H15ClF3NO. The molecule has 0 fully saturated rings. The average molecular weight is 282 g/mol. The number of rotatable bonds is 6. The van der Waals surface area contributed by atoms with Crippen LogP contribution < -0.4 is 10.1 Å². The second-order valence-electron chi connectivity index (χ2n) is 3.83. The van der Waals surface area contributed by atoms with Gasteiger partial charge in [-0.25, -0.2) is 0 Å². The van der Waals surface area contributed by atoms with Gasteiger partial charge in [-0.05, 0) is 31.2 Å². The molecule has 0 radical (unpaired) electrons. The maximum atomic E-state index is 12.1. The first-order valence-corrected chi connectivity index (χ1v) is 5.99. The molecule has 0 aromatic heterocycles. The Morgan fingerprint density at radius 1 is 1.33 bits per heavy atom. The average Bonchev–Trinajstić information content (AvgIpc) is 2.27. The van der Waals surface area contributed by atoms with E-state index < -0.39 is 12.8 Å². The van der Waals surface area contributed by atoms with Gasteiger partial charge in [0.1, 0.15) is 5.75 Å². The molecule has 1 N–H and O–H groups in total. The first-order valence-electron chi connectivity index (χ1n) is 5.61. The van der Waals surface area contributed by atoms with Crippen molar-refractivity contribution in [3.8, 4) is 5.75 Å². The Morgan fingerprint density at radius 3 is 2.67 bits per heavy atom. The van der Waals surface area contributed by atoms with Gasteiger partial charge in [-0.2, -0.15) is 13.2 Å². The predicted octanol–water partition coefficient (Wildman–Crippen LogP) is 3.78. The van der Waals surface area contributed by atoms with E-state index in [1.165, 1.54) is 12.1 Å². The second-order valence-corrected chi connectivity index (χ2v) is 4.27. The third kappa shape index (κ3) is 5.60. The number of halogens is 4. The van der Waals surface area contributed by atoms with Crippen molar-refractivity contribution >= 4 is 11.6 Å². The van der Waals surface area contributed by atoms with Gasteiger partial charge in [-0.15, -0.1) is 0 Å². The summed E-state index contributed by atoms with van der Waals surface area (Å²) >= 11 is 5.81. The van der Waals surface area contributed by atoms with Crippen molar-refractivity contribution in [1.82, 2.24) is 5.32 Å². The minimum atomic E-state index is -4.34. The molecule has 0 atom stereocenters. The van der Waals surface area contributed by atoms with Crippen LogP contribution in [0.1, 0.15) is 18.9 Å². The van der Waals surface area contributed by atoms with E-state index in [1.807, 2.05) is 6.92 Å². The van der Waals surface area contributed by atoms with E-state index in [-0.39, 0.29) is 5.75 Å². The van der Waals surface area contributed by atoms with Crippen LogP contribution in [0.3, 0.4) is 0 Å². The highest BCUT2D eigenvalue weighted by atomic mass is 35.5. The first-order chi connectivity index (χ1) is 8.42. The van der Waals surface area contributed by atoms with Crippen molar-refractivity contribution < 1.29 is 17.9 Å². The highest BCUT2D eigenvalue weighted by Gasteiger charge is 2.28. The molecule has 0 spiro atoms. The Hall–Kier alpha value is -0.940. The molecule has 0 aliphatic heterocycles. The van der Waals surface area contributed by atoms with E-state index in [9.17, 15) is 13.2 Å². The van der Waals surface area contributed by atoms with E-state index in [0.29, 0.717) is 17.1 Å². The molecule has 0 unspecified atom stereocenters. The molecule has 0 amide bonds. The van der Waals surface area contributed by atoms with Crippen LogP contribution in [0, 0.1) is 0 Å². The van der Waals surface area contributed by atoms with Crippen LogP contribution in [0.5, 0.6) is 5.75 Å². The van der Waals surface area contributed by atoms with Crippen molar-refractivity contribution in [2.24, 2.45) is 0 Å². The standard InChI is InChI=1S/C12H15ClF3NO/c1-2-5-17-7-9-6-10(13)3-4-11(9)18-8-12(14,15)16/h3-4,6,17H,2,5,7-8H2,1H3. The van der Waals surface area contributed by atoms with E-state index in [0.717, 1.165) is 13.0 Å². The van der Waals surface area contributed by atoms with Crippen molar-refractivity contribution in [2.75, 3.05) is 13.2 Å². The van der Waals surface area contributed by atoms with Gasteiger partial charge in [-0.1, -0.05) is 18.5 Å². The van der Waals surface area contributed by atoms with Gasteiger partial charge < -0.3 is 10.1 Å². The topological polar surface area (TPSA) is 21.3 Å². The summed E-state index contributed by atoms with van der Waals surface area (Å²) in [6.45, 7) is 1.92. The number of hydrogen-bond acceptors (Lipinski definition) is 2. The van der Waals surface area contributed by atoms with Gasteiger partial charge in [-0.3, -0.25) is 0 Å². The summed E-state index contributed by atoms with van der Waals surface area (Å²) in [5.41, 5.74) is 0.625. The smallest absolute Gasteiger partial charge is 0.422 e. The largest absolute Gasteiger partial charge is 0.484 e. The zero-order valence-corrected chi connectivity index (χ0v) is 10.7. The maximum Gasteiger partial charge on any atom is 0.422 e. The molecule has 2 nitrogen and oxygen atoms in total. The van der Waals surface area contributed by atoms with Gasteiger partial charge in [0.15, 0.2) is 6.61 Å². The lowest BCUT2D eigenvalue weighted by Gasteiger charge is -2.14. The van der Waals surface area contributed by atoms with Crippen molar-refractivity contribution in [3.63, 3.8) is 0 Å². The van der Waals surface area contributed by atoms with E-state index in [2.05, 4.69) is 5.32 Å². The molecule has 0 aliphatic carbocycles. The number of nitrogens with one attached hydrogen (secondary N) is 1. The molecule has 0 heterocycles. The third-order valence-corrected chi connectivity index (χ3v) is 2.39. The Balaban J connectivity index is 2.70. The van der Waals surface area contributed by atoms with Crippen LogP contribution in [0.4, 0.5) is 13.2 Å². The first kappa shape index (κ1) is 15.1. The highest BCUT2D eigenvalue weighted by Crippen LogP contribution is 2.25. The van der Waals surface area contributed by atoms with E-state index in [1.54, 1.807) is 6.07 Å². The van der Waals surface area contributed by atoms with Gasteiger partial charge in [0.25, 0.3) is 0 Å². The van der Waals surface area contributed by atoms with Crippen LogP contribution in [0.2, 0.25) is 5.02 Å². The minimum Gasteiger partial charge on any atom is -0.484 e. The lowest BCUT2D eigenvalue weighted by atomic mass is 10.2. The molecule has 1 aromatic carbocycles. The fraction of sp³-hybridized carbons (Fsp3) is 0.500. The summed E-state index contributed by atoms with van der Waals surface area (Å²) in [4.78, 5) is 0. The fourth-order valence-corrected chi connectivity index (χ4v) is 1.58. The summed E-state index contributed by atoms with van der Waals surface area (Å²) in [7, 11) is 0. The van der Waals surface area contributed by atoms with Crippen LogP contribution in [0.15, 0.2) is 18.2 Å². The maximum absolute atomic E-state index is 12.1. The number of benzene rings is 1. The van der Waals surface area contributed by atoms with Crippen molar-refractivity contribution in [2.45, 2.75) is 26.1 Å². The van der Waals surface area contributed by atoms with Gasteiger partial charge in [0.05, 0.1) is 0 Å². The number of ether oxygens (including phenoxy) is 1. The lowest BCUT2D eigenvalue weighted by molar-refractivity contribution is -0.153. The Morgan fingerprint density at radius 2 is 2.06 bits per heavy atom. The highest BCUT2D eigenvalue weighted by molar-refractivity contribution is 6.30. The molecule has 0 saturated heterocycles. The van der Waals surface area contributed by atoms with E-state index >= 15 is 0 Å². The molecule has 0 aliphatic rings. The zero-order valence-electron chi connectivity index (χ0n) is 9.98. The molecular weight excluding hydrogens is 267 g/mol. The van der Waals surface area contributed by atoms with Crippen LogP contribution >= 0.6 is 11.6 Å². The molecule has 0 bridgehead atoms. The van der Waals surface area contributed by atoms with Crippen molar-refractivity contribution in [3.05, 3.63) is 28.8 Å². The summed E-state index contributed by atoms with van der Waals surface area (Å²) in [5.74, 6) is 0.209. The molecule has 0 saturated carbocycles. The van der Waals surface area contributed by atoms with Crippen molar-refractivity contribution in [1.29, 1.82) is 0 Å². The Bertz CT molecular complexity index is 382. The Labute approximate surface area is 109 Å². The zero-order chi connectivity index (χ0) is 13.6. The van der Waals surface area contributed by atoms with Crippen LogP contribution in [-0.4, -0.2) is 19.3 Å². The second kappa shape index (κ2) is 6.85. The number of alkyl halides is 3. The summed E-state index contributed by atoms with van der Waals surface area (Å²) < 4.78 is 41.0. The molecule has 1 aromatic rings. The predicted molar refractivity (Wildman–Crippen MR) is 65.0 cm³/mol. The SMILES string of the molecule is CCCNCc1cc(Cl)ccc1OCC(F)(F)F. The lowest BCUT2D eigenvalue weighted by Crippen LogP contribution is -2.21. The monoisotopic (exact) mass is 281 g/mol. The molecule has 6 heteroatoms. The van der Waals surface area contributed by atoms with Gasteiger partial charge >= 0.3 is 6.18 Å². The number of hydrogen-bond donors (Lipinski definition) is 1.